The summed E-state index contributed by atoms with van der Waals surface area (Å²) in [6.07, 6.45) is 1.81. The number of rotatable bonds is 8. The first-order valence-corrected chi connectivity index (χ1v) is 8.79. The molecule has 0 aromatic heterocycles. The number of para-hydroxylation sites is 1. The summed E-state index contributed by atoms with van der Waals surface area (Å²) in [5, 5.41) is 14.8. The van der Waals surface area contributed by atoms with Gasteiger partial charge in [-0.3, -0.25) is 14.9 Å². The third kappa shape index (κ3) is 5.66. The molecular formula is C18H18BrN3O4. The third-order valence-corrected chi connectivity index (χ3v) is 3.98. The number of nitrogens with one attached hydrogen (secondary N) is 1. The summed E-state index contributed by atoms with van der Waals surface area (Å²) in [5.74, 6) is 0.161. The number of halogens is 1. The summed E-state index contributed by atoms with van der Waals surface area (Å²) >= 11 is 3.34. The van der Waals surface area contributed by atoms with Crippen LogP contribution in [0.5, 0.6) is 5.75 Å². The standard InChI is InChI=1S/C18H18BrN3O4/c1-2-5-17(26-15-10-8-14(19)9-11-15)18(23)21-20-12-13-6-3-4-7-16(13)22(24)25/h3-4,6-12,17H,2,5H2,1H3,(H,21,23)/b20-12-/t17-/m1/s1. The van der Waals surface area contributed by atoms with Gasteiger partial charge in [-0.2, -0.15) is 5.10 Å². The molecule has 2 aromatic rings. The number of ether oxygens (including phenoxy) is 1. The zero-order valence-corrected chi connectivity index (χ0v) is 15.7. The maximum absolute atomic E-state index is 12.3. The summed E-state index contributed by atoms with van der Waals surface area (Å²) < 4.78 is 6.63. The Hall–Kier alpha value is -2.74. The lowest BCUT2D eigenvalue weighted by Gasteiger charge is -2.16. The van der Waals surface area contributed by atoms with E-state index in [1.54, 1.807) is 30.3 Å². The molecule has 0 aliphatic heterocycles. The topological polar surface area (TPSA) is 93.8 Å². The second kappa shape index (κ2) is 9.67. The average Bonchev–Trinajstić information content (AvgIpc) is 2.63. The van der Waals surface area contributed by atoms with Crippen molar-refractivity contribution in [1.82, 2.24) is 5.43 Å². The van der Waals surface area contributed by atoms with Crippen LogP contribution in [0.4, 0.5) is 5.69 Å². The lowest BCUT2D eigenvalue weighted by molar-refractivity contribution is -0.385. The van der Waals surface area contributed by atoms with E-state index in [1.807, 2.05) is 19.1 Å². The largest absolute Gasteiger partial charge is 0.481 e. The summed E-state index contributed by atoms with van der Waals surface area (Å²) in [6.45, 7) is 1.95. The molecule has 2 rings (SSSR count). The number of nitro benzene ring substituents is 1. The maximum atomic E-state index is 12.3. The molecule has 0 radical (unpaired) electrons. The van der Waals surface area contributed by atoms with Gasteiger partial charge in [0, 0.05) is 10.5 Å². The second-order valence-corrected chi connectivity index (χ2v) is 6.31. The molecule has 0 unspecified atom stereocenters. The van der Waals surface area contributed by atoms with Gasteiger partial charge >= 0.3 is 0 Å². The Bertz CT molecular complexity index is 793. The van der Waals surface area contributed by atoms with E-state index in [-0.39, 0.29) is 5.69 Å². The van der Waals surface area contributed by atoms with Gasteiger partial charge in [0.05, 0.1) is 16.7 Å². The number of nitro groups is 1. The van der Waals surface area contributed by atoms with Crippen molar-refractivity contribution in [2.75, 3.05) is 0 Å². The minimum Gasteiger partial charge on any atom is -0.481 e. The Balaban J connectivity index is 2.03. The Morgan fingerprint density at radius 2 is 2.00 bits per heavy atom. The molecular weight excluding hydrogens is 402 g/mol. The second-order valence-electron chi connectivity index (χ2n) is 5.40. The van der Waals surface area contributed by atoms with Crippen molar-refractivity contribution in [3.63, 3.8) is 0 Å². The number of hydrazone groups is 1. The Kier molecular flexibility index (Phi) is 7.28. The van der Waals surface area contributed by atoms with Crippen molar-refractivity contribution in [1.29, 1.82) is 0 Å². The van der Waals surface area contributed by atoms with Crippen LogP contribution in [0.1, 0.15) is 25.3 Å². The Morgan fingerprint density at radius 1 is 1.31 bits per heavy atom. The monoisotopic (exact) mass is 419 g/mol. The van der Waals surface area contributed by atoms with Crippen molar-refractivity contribution in [2.45, 2.75) is 25.9 Å². The van der Waals surface area contributed by atoms with E-state index in [0.717, 1.165) is 10.9 Å². The predicted molar refractivity (Wildman–Crippen MR) is 102 cm³/mol. The summed E-state index contributed by atoms with van der Waals surface area (Å²) in [7, 11) is 0. The van der Waals surface area contributed by atoms with Crippen LogP contribution >= 0.6 is 15.9 Å². The van der Waals surface area contributed by atoms with Crippen molar-refractivity contribution >= 4 is 33.7 Å². The van der Waals surface area contributed by atoms with Gasteiger partial charge in [0.2, 0.25) is 0 Å². The molecule has 2 aromatic carbocycles. The molecule has 7 nitrogen and oxygen atoms in total. The van der Waals surface area contributed by atoms with E-state index in [1.165, 1.54) is 12.3 Å². The van der Waals surface area contributed by atoms with E-state index < -0.39 is 16.9 Å². The molecule has 0 bridgehead atoms. The number of carbonyl (C=O) groups is 1. The fraction of sp³-hybridized carbons (Fsp3) is 0.222. The van der Waals surface area contributed by atoms with Gasteiger partial charge in [0.15, 0.2) is 6.10 Å². The molecule has 8 heteroatoms. The summed E-state index contributed by atoms with van der Waals surface area (Å²) in [4.78, 5) is 22.8. The van der Waals surface area contributed by atoms with E-state index in [2.05, 4.69) is 26.5 Å². The van der Waals surface area contributed by atoms with Gasteiger partial charge in [-0.1, -0.05) is 41.4 Å². The van der Waals surface area contributed by atoms with E-state index >= 15 is 0 Å². The lowest BCUT2D eigenvalue weighted by Crippen LogP contribution is -2.35. The first kappa shape index (κ1) is 19.6. The van der Waals surface area contributed by atoms with Gasteiger partial charge in [-0.05, 0) is 36.8 Å². The molecule has 0 heterocycles. The van der Waals surface area contributed by atoms with Crippen LogP contribution in [0, 0.1) is 10.1 Å². The highest BCUT2D eigenvalue weighted by molar-refractivity contribution is 9.10. The number of nitrogens with zero attached hydrogens (tertiary/aromatic N) is 2. The number of hydrogen-bond acceptors (Lipinski definition) is 5. The molecule has 0 fully saturated rings. The minimum atomic E-state index is -0.705. The van der Waals surface area contributed by atoms with Crippen LogP contribution in [-0.4, -0.2) is 23.1 Å². The molecule has 1 atom stereocenters. The highest BCUT2D eigenvalue weighted by Crippen LogP contribution is 2.19. The van der Waals surface area contributed by atoms with Crippen LogP contribution in [0.3, 0.4) is 0 Å². The van der Waals surface area contributed by atoms with Crippen LogP contribution in [0.25, 0.3) is 0 Å². The third-order valence-electron chi connectivity index (χ3n) is 3.45. The van der Waals surface area contributed by atoms with E-state index in [9.17, 15) is 14.9 Å². The molecule has 0 aliphatic rings. The molecule has 136 valence electrons. The molecule has 0 spiro atoms. The summed E-state index contributed by atoms with van der Waals surface area (Å²) in [5.41, 5.74) is 2.61. The smallest absolute Gasteiger partial charge is 0.281 e. The molecule has 1 N–H and O–H groups in total. The normalized spacial score (nSPS) is 11.9. The van der Waals surface area contributed by atoms with E-state index in [4.69, 9.17) is 4.74 Å². The average molecular weight is 420 g/mol. The van der Waals surface area contributed by atoms with Crippen LogP contribution in [0.2, 0.25) is 0 Å². The van der Waals surface area contributed by atoms with Crippen LogP contribution in [0.15, 0.2) is 58.1 Å². The summed E-state index contributed by atoms with van der Waals surface area (Å²) in [6, 6.07) is 13.3. The molecule has 0 saturated carbocycles. The van der Waals surface area contributed by atoms with Crippen molar-refractivity contribution < 1.29 is 14.5 Å². The SMILES string of the molecule is CCC[C@@H](Oc1ccc(Br)cc1)C(=O)N/N=C\c1ccccc1[N+](=O)[O-]. The highest BCUT2D eigenvalue weighted by Gasteiger charge is 2.19. The van der Waals surface area contributed by atoms with Crippen molar-refractivity contribution in [3.05, 3.63) is 68.7 Å². The zero-order chi connectivity index (χ0) is 18.9. The number of hydrogen-bond donors (Lipinski definition) is 1. The van der Waals surface area contributed by atoms with Gasteiger partial charge in [-0.25, -0.2) is 5.43 Å². The molecule has 0 aliphatic carbocycles. The Morgan fingerprint density at radius 3 is 2.65 bits per heavy atom. The number of amides is 1. The fourth-order valence-corrected chi connectivity index (χ4v) is 2.45. The Labute approximate surface area is 159 Å². The van der Waals surface area contributed by atoms with Crippen molar-refractivity contribution in [2.24, 2.45) is 5.10 Å². The van der Waals surface area contributed by atoms with Crippen molar-refractivity contribution in [3.8, 4) is 5.75 Å². The highest BCUT2D eigenvalue weighted by atomic mass is 79.9. The lowest BCUT2D eigenvalue weighted by atomic mass is 10.2. The quantitative estimate of drug-likeness (QED) is 0.396. The predicted octanol–water partition coefficient (Wildman–Crippen LogP) is 4.06. The maximum Gasteiger partial charge on any atom is 0.281 e. The first-order chi connectivity index (χ1) is 12.5. The fourth-order valence-electron chi connectivity index (χ4n) is 2.18. The van der Waals surface area contributed by atoms with Gasteiger partial charge in [0.25, 0.3) is 11.6 Å². The number of benzene rings is 2. The van der Waals surface area contributed by atoms with Gasteiger partial charge in [0.1, 0.15) is 5.75 Å². The zero-order valence-electron chi connectivity index (χ0n) is 14.1. The number of carbonyl (C=O) groups excluding carboxylic acids is 1. The van der Waals surface area contributed by atoms with E-state index in [0.29, 0.717) is 17.7 Å². The van der Waals surface area contributed by atoms with Crippen LogP contribution in [-0.2, 0) is 4.79 Å². The molecule has 1 amide bonds. The van der Waals surface area contributed by atoms with Crippen LogP contribution < -0.4 is 10.2 Å². The van der Waals surface area contributed by atoms with Gasteiger partial charge in [-0.15, -0.1) is 0 Å². The van der Waals surface area contributed by atoms with Gasteiger partial charge < -0.3 is 4.74 Å². The molecule has 0 saturated heterocycles. The first-order valence-electron chi connectivity index (χ1n) is 7.99. The molecule has 26 heavy (non-hydrogen) atoms. The minimum absolute atomic E-state index is 0.0817.